The number of aromatic nitrogens is 2. The largest absolute Gasteiger partial charge is 0.399 e. The molecule has 0 spiro atoms. The summed E-state index contributed by atoms with van der Waals surface area (Å²) in [7, 11) is 1.82. The minimum Gasteiger partial charge on any atom is -0.399 e. The molecule has 18 heavy (non-hydrogen) atoms. The molecular formula is C14H12FN3. The zero-order valence-corrected chi connectivity index (χ0v) is 9.89. The molecule has 0 amide bonds. The highest BCUT2D eigenvalue weighted by atomic mass is 19.1. The smallest absolute Gasteiger partial charge is 0.147 e. The molecule has 3 nitrogen and oxygen atoms in total. The molecule has 2 N–H and O–H groups in total. The van der Waals surface area contributed by atoms with Crippen LogP contribution in [0.5, 0.6) is 0 Å². The van der Waals surface area contributed by atoms with Crippen LogP contribution in [0.15, 0.2) is 42.7 Å². The van der Waals surface area contributed by atoms with Crippen LogP contribution in [0.3, 0.4) is 0 Å². The molecule has 3 aromatic rings. The Hall–Kier alpha value is -2.36. The summed E-state index contributed by atoms with van der Waals surface area (Å²) in [6.07, 6.45) is 3.53. The zero-order valence-electron chi connectivity index (χ0n) is 9.89. The van der Waals surface area contributed by atoms with Crippen LogP contribution in [0.1, 0.15) is 0 Å². The van der Waals surface area contributed by atoms with E-state index < -0.39 is 0 Å². The second-order valence-electron chi connectivity index (χ2n) is 4.26. The van der Waals surface area contributed by atoms with Crippen molar-refractivity contribution in [1.82, 2.24) is 9.55 Å². The molecule has 0 aliphatic rings. The molecule has 1 aromatic carbocycles. The van der Waals surface area contributed by atoms with Crippen molar-refractivity contribution in [2.75, 3.05) is 5.73 Å². The first-order valence-corrected chi connectivity index (χ1v) is 5.62. The van der Waals surface area contributed by atoms with Crippen LogP contribution in [0.4, 0.5) is 10.1 Å². The first-order valence-electron chi connectivity index (χ1n) is 5.62. The number of aryl methyl sites for hydroxylation is 1. The quantitative estimate of drug-likeness (QED) is 0.711. The number of nitrogen functional groups attached to an aromatic ring is 1. The van der Waals surface area contributed by atoms with Gasteiger partial charge in [-0.2, -0.15) is 0 Å². The molecule has 2 aromatic heterocycles. The number of fused-ring (bicyclic) bond motifs is 1. The van der Waals surface area contributed by atoms with Gasteiger partial charge in [-0.05, 0) is 18.2 Å². The molecule has 0 atom stereocenters. The van der Waals surface area contributed by atoms with E-state index in [1.165, 1.54) is 6.07 Å². The van der Waals surface area contributed by atoms with E-state index in [4.69, 9.17) is 5.73 Å². The third kappa shape index (κ3) is 1.54. The van der Waals surface area contributed by atoms with Crippen molar-refractivity contribution in [2.45, 2.75) is 0 Å². The third-order valence-corrected chi connectivity index (χ3v) is 3.01. The second kappa shape index (κ2) is 3.84. The summed E-state index contributed by atoms with van der Waals surface area (Å²) in [5.41, 5.74) is 8.63. The Morgan fingerprint density at radius 3 is 2.89 bits per heavy atom. The Labute approximate surface area is 104 Å². The molecule has 0 saturated heterocycles. The number of para-hydroxylation sites is 1. The van der Waals surface area contributed by atoms with Crippen molar-refractivity contribution in [3.05, 3.63) is 48.5 Å². The van der Waals surface area contributed by atoms with E-state index in [9.17, 15) is 4.39 Å². The number of halogens is 1. The van der Waals surface area contributed by atoms with Gasteiger partial charge in [-0.1, -0.05) is 12.1 Å². The molecule has 3 rings (SSSR count). The highest BCUT2D eigenvalue weighted by Gasteiger charge is 2.12. The molecular weight excluding hydrogens is 229 g/mol. The van der Waals surface area contributed by atoms with Gasteiger partial charge in [-0.25, -0.2) is 4.39 Å². The summed E-state index contributed by atoms with van der Waals surface area (Å²) in [5.74, 6) is -0.231. The van der Waals surface area contributed by atoms with Gasteiger partial charge in [0.25, 0.3) is 0 Å². The van der Waals surface area contributed by atoms with Crippen LogP contribution < -0.4 is 5.73 Å². The maximum absolute atomic E-state index is 13.8. The van der Waals surface area contributed by atoms with Gasteiger partial charge in [0.15, 0.2) is 0 Å². The fourth-order valence-corrected chi connectivity index (χ4v) is 2.22. The lowest BCUT2D eigenvalue weighted by Crippen LogP contribution is -1.87. The highest BCUT2D eigenvalue weighted by molar-refractivity contribution is 5.95. The Bertz CT molecular complexity index is 731. The molecule has 0 unspecified atom stereocenters. The van der Waals surface area contributed by atoms with Crippen molar-refractivity contribution in [3.63, 3.8) is 0 Å². The number of rotatable bonds is 1. The molecule has 0 fully saturated rings. The summed E-state index contributed by atoms with van der Waals surface area (Å²) in [6, 6.07) is 8.57. The predicted octanol–water partition coefficient (Wildman–Crippen LogP) is 2.96. The Morgan fingerprint density at radius 1 is 1.28 bits per heavy atom. The predicted molar refractivity (Wildman–Crippen MR) is 70.5 cm³/mol. The van der Waals surface area contributed by atoms with E-state index in [2.05, 4.69) is 4.98 Å². The van der Waals surface area contributed by atoms with Crippen molar-refractivity contribution in [2.24, 2.45) is 7.05 Å². The van der Waals surface area contributed by atoms with Crippen molar-refractivity contribution in [1.29, 1.82) is 0 Å². The normalized spacial score (nSPS) is 11.0. The van der Waals surface area contributed by atoms with Crippen molar-refractivity contribution in [3.8, 4) is 11.3 Å². The minimum absolute atomic E-state index is 0.231. The number of anilines is 1. The molecule has 0 aliphatic carbocycles. The van der Waals surface area contributed by atoms with E-state index in [0.29, 0.717) is 11.2 Å². The van der Waals surface area contributed by atoms with Gasteiger partial charge in [-0.15, -0.1) is 0 Å². The molecule has 0 bridgehead atoms. The van der Waals surface area contributed by atoms with Crippen LogP contribution in [0, 0.1) is 5.82 Å². The van der Waals surface area contributed by atoms with Crippen molar-refractivity contribution < 1.29 is 4.39 Å². The first-order chi connectivity index (χ1) is 8.66. The lowest BCUT2D eigenvalue weighted by atomic mass is 10.1. The van der Waals surface area contributed by atoms with E-state index in [0.717, 1.165) is 16.6 Å². The summed E-state index contributed by atoms with van der Waals surface area (Å²) in [5, 5.41) is 0.843. The highest BCUT2D eigenvalue weighted by Crippen LogP contribution is 2.30. The minimum atomic E-state index is -0.231. The summed E-state index contributed by atoms with van der Waals surface area (Å²) < 4.78 is 15.6. The molecule has 90 valence electrons. The number of benzene rings is 1. The van der Waals surface area contributed by atoms with Gasteiger partial charge in [-0.3, -0.25) is 4.98 Å². The molecule has 2 heterocycles. The van der Waals surface area contributed by atoms with Gasteiger partial charge in [0.2, 0.25) is 0 Å². The van der Waals surface area contributed by atoms with Gasteiger partial charge in [0.1, 0.15) is 5.82 Å². The van der Waals surface area contributed by atoms with Gasteiger partial charge >= 0.3 is 0 Å². The number of hydrogen-bond acceptors (Lipinski definition) is 2. The van der Waals surface area contributed by atoms with Crippen molar-refractivity contribution >= 4 is 16.6 Å². The van der Waals surface area contributed by atoms with Crippen LogP contribution in [0.25, 0.3) is 22.2 Å². The van der Waals surface area contributed by atoms with E-state index >= 15 is 0 Å². The van der Waals surface area contributed by atoms with Crippen LogP contribution in [-0.2, 0) is 7.05 Å². The maximum atomic E-state index is 13.8. The fourth-order valence-electron chi connectivity index (χ4n) is 2.22. The van der Waals surface area contributed by atoms with E-state index in [1.807, 2.05) is 19.3 Å². The number of hydrogen-bond donors (Lipinski definition) is 1. The fraction of sp³-hybridized carbons (Fsp3) is 0.0714. The van der Waals surface area contributed by atoms with E-state index in [-0.39, 0.29) is 5.82 Å². The lowest BCUT2D eigenvalue weighted by Gasteiger charge is -2.00. The number of nitrogens with zero attached hydrogens (tertiary/aromatic N) is 2. The Balaban J connectivity index is 2.34. The summed E-state index contributed by atoms with van der Waals surface area (Å²) in [4.78, 5) is 4.29. The molecule has 0 radical (unpaired) electrons. The number of pyridine rings is 1. The molecule has 0 aliphatic heterocycles. The van der Waals surface area contributed by atoms with E-state index in [1.54, 1.807) is 29.0 Å². The summed E-state index contributed by atoms with van der Waals surface area (Å²) >= 11 is 0. The molecule has 0 saturated carbocycles. The van der Waals surface area contributed by atoms with Gasteiger partial charge in [0.05, 0.1) is 11.2 Å². The lowest BCUT2D eigenvalue weighted by molar-refractivity contribution is 0.632. The van der Waals surface area contributed by atoms with Crippen LogP contribution >= 0.6 is 0 Å². The maximum Gasteiger partial charge on any atom is 0.147 e. The average molecular weight is 241 g/mol. The monoisotopic (exact) mass is 241 g/mol. The Morgan fingerprint density at radius 2 is 2.11 bits per heavy atom. The third-order valence-electron chi connectivity index (χ3n) is 3.01. The SMILES string of the molecule is Cn1cc(-c2cc(N)ccn2)c2cccc(F)c21. The zero-order chi connectivity index (χ0) is 12.7. The first kappa shape index (κ1) is 10.8. The topological polar surface area (TPSA) is 43.8 Å². The summed E-state index contributed by atoms with van der Waals surface area (Å²) in [6.45, 7) is 0. The number of nitrogens with two attached hydrogens (primary N) is 1. The second-order valence-corrected chi connectivity index (χ2v) is 4.26. The average Bonchev–Trinajstić information content (AvgIpc) is 2.68. The standard InChI is InChI=1S/C14H12FN3/c1-18-8-11(13-7-9(16)5-6-17-13)10-3-2-4-12(15)14(10)18/h2-8H,1H3,(H2,16,17). The van der Waals surface area contributed by atoms with Crippen LogP contribution in [0.2, 0.25) is 0 Å². The van der Waals surface area contributed by atoms with Gasteiger partial charge < -0.3 is 10.3 Å². The Kier molecular flexibility index (Phi) is 2.30. The molecule has 4 heteroatoms. The van der Waals surface area contributed by atoms with Crippen LogP contribution in [-0.4, -0.2) is 9.55 Å². The van der Waals surface area contributed by atoms with Gasteiger partial charge in [0, 0.05) is 36.1 Å².